The average molecular weight is 697 g/mol. The van der Waals surface area contributed by atoms with Crippen LogP contribution in [0.2, 0.25) is 0 Å². The second-order valence-corrected chi connectivity index (χ2v) is 11.5. The fraction of sp³-hybridized carbons (Fsp3) is 0.486. The lowest BCUT2D eigenvalue weighted by Gasteiger charge is -2.27. The highest BCUT2D eigenvalue weighted by Gasteiger charge is 2.45. The fourth-order valence-corrected chi connectivity index (χ4v) is 5.26. The van der Waals surface area contributed by atoms with E-state index in [1.807, 2.05) is 30.3 Å². The maximum absolute atomic E-state index is 13.2. The number of rotatable bonds is 22. The Kier molecular flexibility index (Phi) is 15.8. The molecule has 2 aliphatic heterocycles. The molecule has 1 fully saturated rings. The van der Waals surface area contributed by atoms with Crippen LogP contribution in [0.4, 0.5) is 10.5 Å². The number of alkyl carbamates (subject to hydrolysis) is 1. The first-order valence-electron chi connectivity index (χ1n) is 16.7. The summed E-state index contributed by atoms with van der Waals surface area (Å²) in [4.78, 5) is 75.1. The van der Waals surface area contributed by atoms with Crippen LogP contribution in [0.5, 0.6) is 0 Å². The summed E-state index contributed by atoms with van der Waals surface area (Å²) in [5.41, 5.74) is 1.29. The quantitative estimate of drug-likeness (QED) is 0.121. The predicted octanol–water partition coefficient (Wildman–Crippen LogP) is 2.58. The minimum Gasteiger partial charge on any atom is -0.445 e. The Morgan fingerprint density at radius 2 is 1.44 bits per heavy atom. The first kappa shape index (κ1) is 38.1. The highest BCUT2D eigenvalue weighted by Crippen LogP contribution is 2.32. The van der Waals surface area contributed by atoms with Gasteiger partial charge in [0.15, 0.2) is 0 Å². The van der Waals surface area contributed by atoms with Crippen molar-refractivity contribution in [1.82, 2.24) is 15.5 Å². The van der Waals surface area contributed by atoms with Gasteiger partial charge >= 0.3 is 6.09 Å². The van der Waals surface area contributed by atoms with E-state index in [0.717, 1.165) is 23.3 Å². The Morgan fingerprint density at radius 1 is 0.760 bits per heavy atom. The predicted molar refractivity (Wildman–Crippen MR) is 178 cm³/mol. The van der Waals surface area contributed by atoms with Gasteiger partial charge in [0.05, 0.1) is 63.1 Å². The third-order valence-electron chi connectivity index (χ3n) is 7.78. The molecule has 0 aromatic heterocycles. The second kappa shape index (κ2) is 20.7. The van der Waals surface area contributed by atoms with Gasteiger partial charge in [0, 0.05) is 26.0 Å². The Morgan fingerprint density at radius 3 is 2.14 bits per heavy atom. The summed E-state index contributed by atoms with van der Waals surface area (Å²) < 4.78 is 27.0. The van der Waals surface area contributed by atoms with Crippen molar-refractivity contribution in [2.24, 2.45) is 0 Å². The summed E-state index contributed by atoms with van der Waals surface area (Å²) >= 11 is 0. The zero-order valence-corrected chi connectivity index (χ0v) is 27.9. The van der Waals surface area contributed by atoms with Crippen molar-refractivity contribution in [1.29, 1.82) is 0 Å². The molecule has 2 aromatic carbocycles. The maximum atomic E-state index is 13.2. The minimum atomic E-state index is -1.07. The van der Waals surface area contributed by atoms with E-state index in [0.29, 0.717) is 65.8 Å². The third-order valence-corrected chi connectivity index (χ3v) is 7.78. The fourth-order valence-electron chi connectivity index (χ4n) is 5.26. The molecule has 2 aliphatic rings. The first-order chi connectivity index (χ1) is 24.3. The highest BCUT2D eigenvalue weighted by atomic mass is 16.6. The molecule has 15 nitrogen and oxygen atoms in total. The van der Waals surface area contributed by atoms with Crippen LogP contribution in [0.15, 0.2) is 48.5 Å². The number of imide groups is 2. The number of piperidine rings is 1. The third kappa shape index (κ3) is 12.0. The number of fused-ring (bicyclic) bond motifs is 1. The van der Waals surface area contributed by atoms with E-state index in [1.54, 1.807) is 12.1 Å². The van der Waals surface area contributed by atoms with Crippen molar-refractivity contribution in [2.45, 2.75) is 51.2 Å². The largest absolute Gasteiger partial charge is 0.445 e. The molecule has 50 heavy (non-hydrogen) atoms. The highest BCUT2D eigenvalue weighted by molar-refractivity contribution is 6.26. The number of hydrogen-bond acceptors (Lipinski definition) is 11. The Balaban J connectivity index is 0.943. The monoisotopic (exact) mass is 696 g/mol. The molecule has 2 heterocycles. The number of unbranched alkanes of at least 4 members (excludes halogenated alkanes) is 2. The molecule has 4 rings (SSSR count). The summed E-state index contributed by atoms with van der Waals surface area (Å²) in [5, 5.41) is 7.52. The smallest absolute Gasteiger partial charge is 0.407 e. The molecular formula is C35H44N4O11. The molecule has 3 N–H and O–H groups in total. The first-order valence-corrected chi connectivity index (χ1v) is 16.7. The van der Waals surface area contributed by atoms with Crippen LogP contribution >= 0.6 is 0 Å². The Bertz CT molecular complexity index is 1470. The van der Waals surface area contributed by atoms with Gasteiger partial charge in [-0.3, -0.25) is 34.2 Å². The van der Waals surface area contributed by atoms with Crippen molar-refractivity contribution in [2.75, 3.05) is 64.7 Å². The Labute approximate surface area is 290 Å². The van der Waals surface area contributed by atoms with Crippen LogP contribution in [0.25, 0.3) is 0 Å². The number of amides is 6. The van der Waals surface area contributed by atoms with Crippen molar-refractivity contribution >= 4 is 41.3 Å². The summed E-state index contributed by atoms with van der Waals surface area (Å²) in [7, 11) is 0. The van der Waals surface area contributed by atoms with Crippen LogP contribution < -0.4 is 16.0 Å². The van der Waals surface area contributed by atoms with Crippen molar-refractivity contribution < 1.29 is 52.5 Å². The number of carbonyl (C=O) groups is 6. The molecule has 1 atom stereocenters. The number of anilines is 1. The zero-order valence-electron chi connectivity index (χ0n) is 27.9. The van der Waals surface area contributed by atoms with E-state index in [4.69, 9.17) is 23.7 Å². The molecule has 6 amide bonds. The molecule has 0 bridgehead atoms. The molecule has 0 aliphatic carbocycles. The van der Waals surface area contributed by atoms with Gasteiger partial charge in [0.25, 0.3) is 11.8 Å². The number of carbonyl (C=O) groups excluding carboxylic acids is 6. The van der Waals surface area contributed by atoms with Gasteiger partial charge in [-0.15, -0.1) is 0 Å². The molecule has 1 unspecified atom stereocenters. The van der Waals surface area contributed by atoms with E-state index < -0.39 is 35.8 Å². The van der Waals surface area contributed by atoms with Gasteiger partial charge in [0.1, 0.15) is 12.6 Å². The lowest BCUT2D eigenvalue weighted by molar-refractivity contribution is -0.136. The number of benzene rings is 2. The number of nitrogens with zero attached hydrogens (tertiary/aromatic N) is 1. The molecule has 0 spiro atoms. The molecular weight excluding hydrogens is 652 g/mol. The van der Waals surface area contributed by atoms with Gasteiger partial charge < -0.3 is 34.3 Å². The lowest BCUT2D eigenvalue weighted by atomic mass is 10.0. The van der Waals surface area contributed by atoms with Gasteiger partial charge in [-0.05, 0) is 37.0 Å². The average Bonchev–Trinajstić information content (AvgIpc) is 3.36. The minimum absolute atomic E-state index is 0.0268. The van der Waals surface area contributed by atoms with Gasteiger partial charge in [-0.25, -0.2) is 4.79 Å². The molecule has 1 saturated heterocycles. The van der Waals surface area contributed by atoms with Crippen LogP contribution in [0.3, 0.4) is 0 Å². The van der Waals surface area contributed by atoms with Crippen LogP contribution in [-0.4, -0.2) is 106 Å². The summed E-state index contributed by atoms with van der Waals surface area (Å²) in [6.07, 6.45) is 1.93. The van der Waals surface area contributed by atoms with Crippen molar-refractivity contribution in [3.63, 3.8) is 0 Å². The van der Waals surface area contributed by atoms with Gasteiger partial charge in [-0.2, -0.15) is 0 Å². The zero-order chi connectivity index (χ0) is 35.6. The lowest BCUT2D eigenvalue weighted by Crippen LogP contribution is -2.54. The molecule has 2 aromatic rings. The van der Waals surface area contributed by atoms with Crippen LogP contribution in [0.1, 0.15) is 64.8 Å². The van der Waals surface area contributed by atoms with Crippen molar-refractivity contribution in [3.8, 4) is 0 Å². The number of hydrogen-bond donors (Lipinski definition) is 3. The van der Waals surface area contributed by atoms with Gasteiger partial charge in [0.2, 0.25) is 17.7 Å². The number of ether oxygens (including phenoxy) is 5. The van der Waals surface area contributed by atoms with Crippen LogP contribution in [-0.2, 0) is 44.7 Å². The van der Waals surface area contributed by atoms with E-state index >= 15 is 0 Å². The van der Waals surface area contributed by atoms with Crippen molar-refractivity contribution in [3.05, 3.63) is 65.2 Å². The SMILES string of the molecule is O=C1CCC(N2C(=O)c3cccc(NC(=O)CCCCCOCCOCCOCCOCCNC(=O)OCc4ccccc4)c3C2=O)C(=O)N1. The standard InChI is InChI=1S/C35H44N4O11/c40-29(37-27-11-7-10-26-31(27)34(44)39(33(26)43)28-13-14-30(41)38-32(28)42)12-5-2-6-16-46-18-20-48-22-23-49-21-19-47-17-15-36-35(45)50-24-25-8-3-1-4-9-25/h1,3-4,7-11,28H,2,5-6,12-24H2,(H,36,45)(H,37,40)(H,38,41,42). The summed E-state index contributed by atoms with van der Waals surface area (Å²) in [6.45, 7) is 3.94. The van der Waals surface area contributed by atoms with Crippen LogP contribution in [0, 0.1) is 0 Å². The van der Waals surface area contributed by atoms with Gasteiger partial charge in [-0.1, -0.05) is 42.8 Å². The molecule has 270 valence electrons. The summed E-state index contributed by atoms with van der Waals surface area (Å²) in [6, 6.07) is 12.9. The van der Waals surface area contributed by atoms with E-state index in [2.05, 4.69) is 16.0 Å². The summed E-state index contributed by atoms with van der Waals surface area (Å²) in [5.74, 6) is -2.73. The second-order valence-electron chi connectivity index (χ2n) is 11.5. The molecule has 15 heteroatoms. The Hall–Kier alpha value is -4.70. The van der Waals surface area contributed by atoms with E-state index in [-0.39, 0.29) is 48.6 Å². The van der Waals surface area contributed by atoms with E-state index in [9.17, 15) is 28.8 Å². The number of nitrogens with one attached hydrogen (secondary N) is 3. The topological polar surface area (TPSA) is 188 Å². The molecule has 0 radical (unpaired) electrons. The molecule has 0 saturated carbocycles. The van der Waals surface area contributed by atoms with E-state index in [1.165, 1.54) is 6.07 Å². The maximum Gasteiger partial charge on any atom is 0.407 e. The normalized spacial score (nSPS) is 15.5.